The largest absolute Gasteiger partial charge is 0.353 e. The maximum atomic E-state index is 13.0. The Hall–Kier alpha value is -2.53. The van der Waals surface area contributed by atoms with Crippen molar-refractivity contribution < 1.29 is 9.59 Å². The minimum atomic E-state index is -0.687. The van der Waals surface area contributed by atoms with Crippen LogP contribution < -0.4 is 0 Å². The lowest BCUT2D eigenvalue weighted by Crippen LogP contribution is -2.44. The summed E-state index contributed by atoms with van der Waals surface area (Å²) < 4.78 is 1.98. The van der Waals surface area contributed by atoms with Crippen LogP contribution in [0.1, 0.15) is 18.2 Å². The SMILES string of the molecule is C=CCN(CC(=O)N(Cc1ccccc1)Cc1cccn1C)C(=O)C(C)Cl. The summed E-state index contributed by atoms with van der Waals surface area (Å²) in [5, 5.41) is -0.687. The Kier molecular flexibility index (Phi) is 7.67. The number of amides is 2. The molecule has 0 spiro atoms. The first-order valence-electron chi connectivity index (χ1n) is 8.88. The van der Waals surface area contributed by atoms with Crippen molar-refractivity contribution in [2.24, 2.45) is 7.05 Å². The van der Waals surface area contributed by atoms with Gasteiger partial charge in [0.1, 0.15) is 11.9 Å². The quantitative estimate of drug-likeness (QED) is 0.490. The molecule has 1 heterocycles. The zero-order chi connectivity index (χ0) is 19.8. The van der Waals surface area contributed by atoms with Crippen molar-refractivity contribution in [2.45, 2.75) is 25.4 Å². The normalized spacial score (nSPS) is 11.7. The molecule has 6 heteroatoms. The minimum absolute atomic E-state index is 0.0286. The molecule has 0 aliphatic rings. The summed E-state index contributed by atoms with van der Waals surface area (Å²) in [4.78, 5) is 28.5. The summed E-state index contributed by atoms with van der Waals surface area (Å²) in [5.41, 5.74) is 2.05. The van der Waals surface area contributed by atoms with E-state index in [1.54, 1.807) is 17.9 Å². The lowest BCUT2D eigenvalue weighted by atomic mass is 10.2. The highest BCUT2D eigenvalue weighted by Crippen LogP contribution is 2.12. The number of halogens is 1. The molecule has 0 saturated heterocycles. The summed E-state index contributed by atoms with van der Waals surface area (Å²) >= 11 is 5.93. The van der Waals surface area contributed by atoms with Crippen molar-refractivity contribution in [2.75, 3.05) is 13.1 Å². The van der Waals surface area contributed by atoms with Gasteiger partial charge in [-0.2, -0.15) is 0 Å². The predicted molar refractivity (Wildman–Crippen MR) is 108 cm³/mol. The van der Waals surface area contributed by atoms with Gasteiger partial charge in [0.25, 0.3) is 0 Å². The summed E-state index contributed by atoms with van der Waals surface area (Å²) in [7, 11) is 1.95. The van der Waals surface area contributed by atoms with Gasteiger partial charge >= 0.3 is 0 Å². The van der Waals surface area contributed by atoms with Crippen LogP contribution in [-0.4, -0.2) is 44.6 Å². The monoisotopic (exact) mass is 387 g/mol. The Morgan fingerprint density at radius 3 is 2.41 bits per heavy atom. The van der Waals surface area contributed by atoms with E-state index in [0.717, 1.165) is 11.3 Å². The van der Waals surface area contributed by atoms with E-state index in [9.17, 15) is 9.59 Å². The molecule has 27 heavy (non-hydrogen) atoms. The lowest BCUT2D eigenvalue weighted by molar-refractivity contribution is -0.140. The third-order valence-electron chi connectivity index (χ3n) is 4.30. The van der Waals surface area contributed by atoms with E-state index in [1.807, 2.05) is 60.3 Å². The number of hydrogen-bond donors (Lipinski definition) is 0. The molecule has 2 rings (SSSR count). The van der Waals surface area contributed by atoms with E-state index in [4.69, 9.17) is 11.6 Å². The van der Waals surface area contributed by atoms with Crippen molar-refractivity contribution in [1.29, 1.82) is 0 Å². The summed E-state index contributed by atoms with van der Waals surface area (Å²) in [5.74, 6) is -0.406. The highest BCUT2D eigenvalue weighted by molar-refractivity contribution is 6.30. The van der Waals surface area contributed by atoms with Gasteiger partial charge in [-0.15, -0.1) is 18.2 Å². The summed E-state index contributed by atoms with van der Waals surface area (Å²) in [6.45, 7) is 6.46. The van der Waals surface area contributed by atoms with Gasteiger partial charge in [-0.25, -0.2) is 0 Å². The fraction of sp³-hybridized carbons (Fsp3) is 0.333. The second kappa shape index (κ2) is 9.97. The standard InChI is InChI=1S/C21H26ClN3O2/c1-4-12-24(21(27)17(2)22)16-20(26)25(14-18-9-6-5-7-10-18)15-19-11-8-13-23(19)3/h4-11,13,17H,1,12,14-16H2,2-3H3. The first-order chi connectivity index (χ1) is 12.9. The van der Waals surface area contributed by atoms with Crippen LogP contribution in [0.25, 0.3) is 0 Å². The molecule has 2 aromatic rings. The molecule has 0 bridgehead atoms. The fourth-order valence-electron chi connectivity index (χ4n) is 2.80. The maximum absolute atomic E-state index is 13.0. The molecule has 0 saturated carbocycles. The van der Waals surface area contributed by atoms with E-state index in [-0.39, 0.29) is 24.9 Å². The zero-order valence-corrected chi connectivity index (χ0v) is 16.6. The number of rotatable bonds is 9. The van der Waals surface area contributed by atoms with Crippen molar-refractivity contribution >= 4 is 23.4 Å². The van der Waals surface area contributed by atoms with Crippen molar-refractivity contribution in [1.82, 2.24) is 14.4 Å². The minimum Gasteiger partial charge on any atom is -0.353 e. The van der Waals surface area contributed by atoms with Gasteiger partial charge in [0.05, 0.1) is 6.54 Å². The van der Waals surface area contributed by atoms with E-state index in [1.165, 1.54) is 4.90 Å². The average Bonchev–Trinajstić information content (AvgIpc) is 3.05. The van der Waals surface area contributed by atoms with Gasteiger partial charge < -0.3 is 14.4 Å². The summed E-state index contributed by atoms with van der Waals surface area (Å²) in [6, 6.07) is 13.7. The molecule has 1 aromatic heterocycles. The number of benzene rings is 1. The van der Waals surface area contributed by atoms with Crippen LogP contribution in [0.15, 0.2) is 61.3 Å². The van der Waals surface area contributed by atoms with Gasteiger partial charge in [-0.3, -0.25) is 9.59 Å². The molecule has 0 aliphatic heterocycles. The Balaban J connectivity index is 2.19. The van der Waals surface area contributed by atoms with Crippen LogP contribution in [0, 0.1) is 0 Å². The van der Waals surface area contributed by atoms with Gasteiger partial charge in [0.2, 0.25) is 11.8 Å². The topological polar surface area (TPSA) is 45.6 Å². The van der Waals surface area contributed by atoms with Crippen LogP contribution in [-0.2, 0) is 29.7 Å². The Labute approximate surface area is 165 Å². The van der Waals surface area contributed by atoms with Crippen LogP contribution in [0.2, 0.25) is 0 Å². The van der Waals surface area contributed by atoms with Gasteiger partial charge in [-0.05, 0) is 24.6 Å². The molecule has 0 radical (unpaired) electrons. The predicted octanol–water partition coefficient (Wildman–Crippen LogP) is 3.20. The first-order valence-corrected chi connectivity index (χ1v) is 9.31. The van der Waals surface area contributed by atoms with Gasteiger partial charge in [-0.1, -0.05) is 36.4 Å². The van der Waals surface area contributed by atoms with Crippen molar-refractivity contribution in [3.05, 3.63) is 72.6 Å². The number of aromatic nitrogens is 1. The van der Waals surface area contributed by atoms with E-state index in [2.05, 4.69) is 6.58 Å². The highest BCUT2D eigenvalue weighted by atomic mass is 35.5. The van der Waals surface area contributed by atoms with E-state index < -0.39 is 5.38 Å². The van der Waals surface area contributed by atoms with E-state index >= 15 is 0 Å². The number of alkyl halides is 1. The molecule has 0 N–H and O–H groups in total. The van der Waals surface area contributed by atoms with E-state index in [0.29, 0.717) is 13.1 Å². The Bertz CT molecular complexity index is 771. The third kappa shape index (κ3) is 6.00. The molecule has 2 amide bonds. The average molecular weight is 388 g/mol. The smallest absolute Gasteiger partial charge is 0.242 e. The maximum Gasteiger partial charge on any atom is 0.242 e. The molecule has 1 unspecified atom stereocenters. The zero-order valence-electron chi connectivity index (χ0n) is 15.8. The molecule has 1 atom stereocenters. The number of carbonyl (C=O) groups excluding carboxylic acids is 2. The number of nitrogens with zero attached hydrogens (tertiary/aromatic N) is 3. The lowest BCUT2D eigenvalue weighted by Gasteiger charge is -2.28. The van der Waals surface area contributed by atoms with Crippen LogP contribution >= 0.6 is 11.6 Å². The molecule has 0 fully saturated rings. The first kappa shape index (κ1) is 20.8. The third-order valence-corrected chi connectivity index (χ3v) is 4.49. The van der Waals surface area contributed by atoms with Crippen LogP contribution in [0.4, 0.5) is 0 Å². The Morgan fingerprint density at radius 1 is 1.15 bits per heavy atom. The second-order valence-electron chi connectivity index (χ2n) is 6.47. The molecule has 0 aliphatic carbocycles. The number of carbonyl (C=O) groups is 2. The molecule has 5 nitrogen and oxygen atoms in total. The van der Waals surface area contributed by atoms with Gasteiger partial charge in [0, 0.05) is 32.0 Å². The molecular formula is C21H26ClN3O2. The molecular weight excluding hydrogens is 362 g/mol. The van der Waals surface area contributed by atoms with Crippen LogP contribution in [0.5, 0.6) is 0 Å². The second-order valence-corrected chi connectivity index (χ2v) is 7.12. The fourth-order valence-corrected chi connectivity index (χ4v) is 2.93. The molecule has 144 valence electrons. The summed E-state index contributed by atoms with van der Waals surface area (Å²) in [6.07, 6.45) is 3.55. The van der Waals surface area contributed by atoms with Crippen molar-refractivity contribution in [3.8, 4) is 0 Å². The van der Waals surface area contributed by atoms with Crippen LogP contribution in [0.3, 0.4) is 0 Å². The Morgan fingerprint density at radius 2 is 1.85 bits per heavy atom. The highest BCUT2D eigenvalue weighted by Gasteiger charge is 2.23. The number of aryl methyl sites for hydroxylation is 1. The number of hydrogen-bond acceptors (Lipinski definition) is 2. The van der Waals surface area contributed by atoms with Gasteiger partial charge in [0.15, 0.2) is 0 Å². The molecule has 1 aromatic carbocycles. The van der Waals surface area contributed by atoms with Crippen molar-refractivity contribution in [3.63, 3.8) is 0 Å².